The number of hydrogen-bond acceptors (Lipinski definition) is 2. The number of nitrogens with one attached hydrogen (secondary N) is 2. The Balaban J connectivity index is 1.85. The number of aryl methyl sites for hydroxylation is 1. The second kappa shape index (κ2) is 7.25. The van der Waals surface area contributed by atoms with E-state index in [-0.39, 0.29) is 17.7 Å². The summed E-state index contributed by atoms with van der Waals surface area (Å²) in [5.41, 5.74) is 1.85. The summed E-state index contributed by atoms with van der Waals surface area (Å²) in [7, 11) is 0. The van der Waals surface area contributed by atoms with Crippen LogP contribution in [0.2, 0.25) is 0 Å². The molecule has 0 saturated heterocycles. The summed E-state index contributed by atoms with van der Waals surface area (Å²) in [6.07, 6.45) is 5.33. The van der Waals surface area contributed by atoms with Gasteiger partial charge in [0.1, 0.15) is 6.04 Å². The molecule has 0 bridgehead atoms. The molecule has 114 valence electrons. The van der Waals surface area contributed by atoms with Crippen molar-refractivity contribution in [2.75, 3.05) is 5.32 Å². The Labute approximate surface area is 126 Å². The van der Waals surface area contributed by atoms with Crippen molar-refractivity contribution >= 4 is 17.5 Å². The first-order chi connectivity index (χ1) is 10.1. The van der Waals surface area contributed by atoms with Crippen LogP contribution in [0.3, 0.4) is 0 Å². The molecule has 0 radical (unpaired) electrons. The molecule has 1 saturated carbocycles. The smallest absolute Gasteiger partial charge is 0.246 e. The lowest BCUT2D eigenvalue weighted by molar-refractivity contribution is -0.129. The van der Waals surface area contributed by atoms with Crippen molar-refractivity contribution in [2.24, 2.45) is 5.92 Å². The van der Waals surface area contributed by atoms with E-state index in [1.54, 1.807) is 6.92 Å². The molecular formula is C17H24N2O2. The van der Waals surface area contributed by atoms with Gasteiger partial charge in [0.2, 0.25) is 11.8 Å². The highest BCUT2D eigenvalue weighted by Gasteiger charge is 2.24. The molecule has 1 aliphatic rings. The molecule has 1 aliphatic carbocycles. The van der Waals surface area contributed by atoms with Crippen LogP contribution in [-0.2, 0) is 9.59 Å². The molecule has 21 heavy (non-hydrogen) atoms. The molecule has 0 heterocycles. The number of rotatable bonds is 4. The van der Waals surface area contributed by atoms with E-state index in [1.165, 1.54) is 6.42 Å². The lowest BCUT2D eigenvalue weighted by Gasteiger charge is -2.23. The average molecular weight is 288 g/mol. The Morgan fingerprint density at radius 3 is 2.57 bits per heavy atom. The Morgan fingerprint density at radius 2 is 1.90 bits per heavy atom. The Hall–Kier alpha value is -1.84. The Bertz CT molecular complexity index is 507. The summed E-state index contributed by atoms with van der Waals surface area (Å²) in [4.78, 5) is 24.2. The van der Waals surface area contributed by atoms with E-state index in [2.05, 4.69) is 10.6 Å². The van der Waals surface area contributed by atoms with Gasteiger partial charge in [-0.2, -0.15) is 0 Å². The van der Waals surface area contributed by atoms with Crippen LogP contribution in [0.5, 0.6) is 0 Å². The maximum atomic E-state index is 12.1. The number of carbonyl (C=O) groups is 2. The van der Waals surface area contributed by atoms with Gasteiger partial charge < -0.3 is 10.6 Å². The Morgan fingerprint density at radius 1 is 1.19 bits per heavy atom. The maximum absolute atomic E-state index is 12.1. The molecule has 0 aliphatic heterocycles. The fourth-order valence-corrected chi connectivity index (χ4v) is 2.73. The van der Waals surface area contributed by atoms with E-state index >= 15 is 0 Å². The molecule has 0 spiro atoms. The van der Waals surface area contributed by atoms with Crippen molar-refractivity contribution in [3.8, 4) is 0 Å². The van der Waals surface area contributed by atoms with E-state index in [9.17, 15) is 9.59 Å². The van der Waals surface area contributed by atoms with Crippen LogP contribution < -0.4 is 10.6 Å². The number of hydrogen-bond donors (Lipinski definition) is 2. The van der Waals surface area contributed by atoms with Gasteiger partial charge in [-0.1, -0.05) is 31.4 Å². The molecule has 2 rings (SSSR count). The fraction of sp³-hybridized carbons (Fsp3) is 0.529. The topological polar surface area (TPSA) is 58.2 Å². The van der Waals surface area contributed by atoms with E-state index < -0.39 is 6.04 Å². The number of benzene rings is 1. The van der Waals surface area contributed by atoms with Crippen LogP contribution in [-0.4, -0.2) is 17.9 Å². The van der Waals surface area contributed by atoms with Gasteiger partial charge in [0.15, 0.2) is 0 Å². The third kappa shape index (κ3) is 4.59. The van der Waals surface area contributed by atoms with Gasteiger partial charge in [-0.05, 0) is 44.4 Å². The van der Waals surface area contributed by atoms with Crippen molar-refractivity contribution in [1.82, 2.24) is 5.32 Å². The molecule has 1 fully saturated rings. The number of anilines is 1. The van der Waals surface area contributed by atoms with Crippen molar-refractivity contribution < 1.29 is 9.59 Å². The van der Waals surface area contributed by atoms with Crippen LogP contribution in [0.4, 0.5) is 5.69 Å². The first kappa shape index (κ1) is 15.5. The molecule has 2 amide bonds. The number of amides is 2. The third-order valence-corrected chi connectivity index (χ3v) is 4.01. The minimum atomic E-state index is -0.514. The molecule has 0 aromatic heterocycles. The molecule has 4 nitrogen and oxygen atoms in total. The third-order valence-electron chi connectivity index (χ3n) is 4.01. The lowest BCUT2D eigenvalue weighted by Crippen LogP contribution is -2.44. The summed E-state index contributed by atoms with van der Waals surface area (Å²) in [5, 5.41) is 5.67. The minimum absolute atomic E-state index is 0.0154. The molecular weight excluding hydrogens is 264 g/mol. The molecule has 1 aromatic rings. The zero-order valence-corrected chi connectivity index (χ0v) is 12.8. The minimum Gasteiger partial charge on any atom is -0.344 e. The molecule has 1 aromatic carbocycles. The molecule has 1 unspecified atom stereocenters. The van der Waals surface area contributed by atoms with Crippen molar-refractivity contribution in [1.29, 1.82) is 0 Å². The zero-order valence-electron chi connectivity index (χ0n) is 12.8. The van der Waals surface area contributed by atoms with E-state index in [0.29, 0.717) is 0 Å². The van der Waals surface area contributed by atoms with Gasteiger partial charge in [0, 0.05) is 11.6 Å². The number of carbonyl (C=O) groups excluding carboxylic acids is 2. The maximum Gasteiger partial charge on any atom is 0.246 e. The highest BCUT2D eigenvalue weighted by atomic mass is 16.2. The van der Waals surface area contributed by atoms with Gasteiger partial charge >= 0.3 is 0 Å². The largest absolute Gasteiger partial charge is 0.344 e. The van der Waals surface area contributed by atoms with E-state index in [0.717, 1.165) is 36.9 Å². The summed E-state index contributed by atoms with van der Waals surface area (Å²) in [5.74, 6) is -0.0840. The first-order valence-electron chi connectivity index (χ1n) is 7.74. The normalized spacial score (nSPS) is 17.0. The highest BCUT2D eigenvalue weighted by Crippen LogP contribution is 2.23. The fourth-order valence-electron chi connectivity index (χ4n) is 2.73. The SMILES string of the molecule is Cc1cccc(NC(=O)C(C)NC(=O)C2CCCCC2)c1. The van der Waals surface area contributed by atoms with Crippen LogP contribution in [0, 0.1) is 12.8 Å². The van der Waals surface area contributed by atoms with Crippen molar-refractivity contribution in [3.63, 3.8) is 0 Å². The standard InChI is InChI=1S/C17H24N2O2/c1-12-7-6-10-15(11-12)19-16(20)13(2)18-17(21)14-8-4-3-5-9-14/h6-7,10-11,13-14H,3-5,8-9H2,1-2H3,(H,18,21)(H,19,20). The second-order valence-electron chi connectivity index (χ2n) is 5.92. The quantitative estimate of drug-likeness (QED) is 0.894. The molecule has 2 N–H and O–H groups in total. The second-order valence-corrected chi connectivity index (χ2v) is 5.92. The van der Waals surface area contributed by atoms with Crippen LogP contribution >= 0.6 is 0 Å². The van der Waals surface area contributed by atoms with E-state index in [1.807, 2.05) is 31.2 Å². The molecule has 4 heteroatoms. The summed E-state index contributed by atoms with van der Waals surface area (Å²) in [6, 6.07) is 7.12. The lowest BCUT2D eigenvalue weighted by atomic mass is 9.88. The van der Waals surface area contributed by atoms with Crippen LogP contribution in [0.15, 0.2) is 24.3 Å². The predicted octanol–water partition coefficient (Wildman–Crippen LogP) is 3.02. The van der Waals surface area contributed by atoms with Crippen LogP contribution in [0.1, 0.15) is 44.6 Å². The summed E-state index contributed by atoms with van der Waals surface area (Å²) in [6.45, 7) is 3.70. The van der Waals surface area contributed by atoms with Crippen molar-refractivity contribution in [2.45, 2.75) is 52.0 Å². The summed E-state index contributed by atoms with van der Waals surface area (Å²) >= 11 is 0. The van der Waals surface area contributed by atoms with E-state index in [4.69, 9.17) is 0 Å². The molecule has 1 atom stereocenters. The zero-order chi connectivity index (χ0) is 15.2. The van der Waals surface area contributed by atoms with Gasteiger partial charge in [-0.25, -0.2) is 0 Å². The highest BCUT2D eigenvalue weighted by molar-refractivity contribution is 5.97. The van der Waals surface area contributed by atoms with Crippen molar-refractivity contribution in [3.05, 3.63) is 29.8 Å². The monoisotopic (exact) mass is 288 g/mol. The van der Waals surface area contributed by atoms with Crippen LogP contribution in [0.25, 0.3) is 0 Å². The Kier molecular flexibility index (Phi) is 5.37. The first-order valence-corrected chi connectivity index (χ1v) is 7.74. The predicted molar refractivity (Wildman–Crippen MR) is 84.0 cm³/mol. The van der Waals surface area contributed by atoms with Gasteiger partial charge in [-0.15, -0.1) is 0 Å². The summed E-state index contributed by atoms with van der Waals surface area (Å²) < 4.78 is 0. The van der Waals surface area contributed by atoms with Gasteiger partial charge in [0.05, 0.1) is 0 Å². The average Bonchev–Trinajstić information content (AvgIpc) is 2.48. The van der Waals surface area contributed by atoms with Gasteiger partial charge in [-0.3, -0.25) is 9.59 Å². The van der Waals surface area contributed by atoms with Gasteiger partial charge in [0.25, 0.3) is 0 Å².